The smallest absolute Gasteiger partial charge is 0.290 e. The number of rotatable bonds is 4. The molecule has 0 saturated heterocycles. The van der Waals surface area contributed by atoms with Crippen LogP contribution >= 0.6 is 11.6 Å². The second-order valence-corrected chi connectivity index (χ2v) is 5.47. The second kappa shape index (κ2) is 6.62. The van der Waals surface area contributed by atoms with Crippen molar-refractivity contribution in [2.75, 3.05) is 18.4 Å². The molecule has 0 radical (unpaired) electrons. The fourth-order valence-corrected chi connectivity index (χ4v) is 2.52. The molecule has 116 valence electrons. The van der Waals surface area contributed by atoms with Crippen molar-refractivity contribution in [3.8, 4) is 0 Å². The summed E-state index contributed by atoms with van der Waals surface area (Å²) in [4.78, 5) is 28.6. The second-order valence-electron chi connectivity index (χ2n) is 5.03. The molecule has 0 fully saturated rings. The fraction of sp³-hybridized carbons (Fsp3) is 0.118. The lowest BCUT2D eigenvalue weighted by atomic mass is 10.0. The third-order valence-electron chi connectivity index (χ3n) is 3.34. The van der Waals surface area contributed by atoms with E-state index >= 15 is 0 Å². The summed E-state index contributed by atoms with van der Waals surface area (Å²) in [6.07, 6.45) is 0. The highest BCUT2D eigenvalue weighted by molar-refractivity contribution is 6.42. The van der Waals surface area contributed by atoms with E-state index in [1.165, 1.54) is 0 Å². The fourth-order valence-electron chi connectivity index (χ4n) is 2.29. The third-order valence-corrected chi connectivity index (χ3v) is 3.56. The Kier molecular flexibility index (Phi) is 4.39. The lowest BCUT2D eigenvalue weighted by Gasteiger charge is -2.08. The molecular formula is C17H14ClN3O2. The number of nitrogens with zero attached hydrogens (tertiary/aromatic N) is 1. The first-order chi connectivity index (χ1) is 11.1. The van der Waals surface area contributed by atoms with E-state index in [0.717, 1.165) is 0 Å². The molecule has 1 aliphatic rings. The van der Waals surface area contributed by atoms with E-state index in [1.54, 1.807) is 42.5 Å². The highest BCUT2D eigenvalue weighted by atomic mass is 35.5. The Bertz CT molecular complexity index is 788. The van der Waals surface area contributed by atoms with Crippen molar-refractivity contribution in [2.45, 2.75) is 0 Å². The summed E-state index contributed by atoms with van der Waals surface area (Å²) in [7, 11) is 0. The molecule has 3 rings (SSSR count). The molecule has 0 unspecified atom stereocenters. The Morgan fingerprint density at radius 3 is 2.57 bits per heavy atom. The van der Waals surface area contributed by atoms with Crippen molar-refractivity contribution in [3.05, 3.63) is 64.7 Å². The Labute approximate surface area is 138 Å². The molecular weight excluding hydrogens is 314 g/mol. The van der Waals surface area contributed by atoms with Crippen molar-refractivity contribution in [2.24, 2.45) is 4.99 Å². The molecule has 2 aromatic carbocycles. The van der Waals surface area contributed by atoms with E-state index in [-0.39, 0.29) is 11.7 Å². The molecule has 0 bridgehead atoms. The Morgan fingerprint density at radius 1 is 1.09 bits per heavy atom. The molecule has 5 nitrogen and oxygen atoms in total. The molecule has 0 spiro atoms. The molecule has 0 atom stereocenters. The van der Waals surface area contributed by atoms with Gasteiger partial charge in [0.15, 0.2) is 11.6 Å². The lowest BCUT2D eigenvalue weighted by molar-refractivity contribution is -0.110. The van der Waals surface area contributed by atoms with E-state index < -0.39 is 0 Å². The number of hydrogen-bond donors (Lipinski definition) is 2. The van der Waals surface area contributed by atoms with Gasteiger partial charge in [0.2, 0.25) is 0 Å². The highest BCUT2D eigenvalue weighted by Gasteiger charge is 2.16. The van der Waals surface area contributed by atoms with Crippen LogP contribution in [0.1, 0.15) is 15.9 Å². The molecule has 0 aliphatic carbocycles. The lowest BCUT2D eigenvalue weighted by Crippen LogP contribution is -2.32. The van der Waals surface area contributed by atoms with Gasteiger partial charge in [0.25, 0.3) is 5.91 Å². The normalized spacial score (nSPS) is 13.2. The van der Waals surface area contributed by atoms with Crippen LogP contribution in [0.5, 0.6) is 0 Å². The SMILES string of the molecule is O=C(Nc1cc(Cl)cc(C(=O)c2ccccc2)c1)C1=NCCN1. The summed E-state index contributed by atoms with van der Waals surface area (Å²) in [5.41, 5.74) is 1.44. The first-order valence-corrected chi connectivity index (χ1v) is 7.51. The maximum absolute atomic E-state index is 12.5. The number of carbonyl (C=O) groups is 2. The average molecular weight is 328 g/mol. The monoisotopic (exact) mass is 327 g/mol. The van der Waals surface area contributed by atoms with E-state index in [4.69, 9.17) is 11.6 Å². The van der Waals surface area contributed by atoms with Crippen LogP contribution in [-0.2, 0) is 4.79 Å². The number of ketones is 1. The van der Waals surface area contributed by atoms with Crippen LogP contribution in [0.3, 0.4) is 0 Å². The van der Waals surface area contributed by atoms with E-state index in [1.807, 2.05) is 6.07 Å². The maximum atomic E-state index is 12.5. The summed E-state index contributed by atoms with van der Waals surface area (Å²) in [5, 5.41) is 5.97. The minimum absolute atomic E-state index is 0.153. The summed E-state index contributed by atoms with van der Waals surface area (Å²) in [6.45, 7) is 1.23. The van der Waals surface area contributed by atoms with Crippen molar-refractivity contribution < 1.29 is 9.59 Å². The van der Waals surface area contributed by atoms with Crippen molar-refractivity contribution in [1.82, 2.24) is 5.32 Å². The van der Waals surface area contributed by atoms with Crippen molar-refractivity contribution >= 4 is 34.8 Å². The van der Waals surface area contributed by atoms with Gasteiger partial charge in [-0.1, -0.05) is 41.9 Å². The molecule has 6 heteroatoms. The number of halogens is 1. The minimum atomic E-state index is -0.345. The van der Waals surface area contributed by atoms with Gasteiger partial charge in [0, 0.05) is 28.4 Å². The number of amides is 1. The topological polar surface area (TPSA) is 70.6 Å². The van der Waals surface area contributed by atoms with Gasteiger partial charge in [-0.15, -0.1) is 0 Å². The molecule has 1 amide bonds. The van der Waals surface area contributed by atoms with E-state index in [9.17, 15) is 9.59 Å². The summed E-state index contributed by atoms with van der Waals surface area (Å²) < 4.78 is 0. The zero-order valence-electron chi connectivity index (χ0n) is 12.2. The summed E-state index contributed by atoms with van der Waals surface area (Å²) in [5.74, 6) is -0.205. The van der Waals surface area contributed by atoms with Crippen molar-refractivity contribution in [1.29, 1.82) is 0 Å². The third kappa shape index (κ3) is 3.57. The van der Waals surface area contributed by atoms with Crippen molar-refractivity contribution in [3.63, 3.8) is 0 Å². The van der Waals surface area contributed by atoms with Gasteiger partial charge in [0.05, 0.1) is 6.54 Å². The summed E-state index contributed by atoms with van der Waals surface area (Å²) in [6, 6.07) is 13.7. The van der Waals surface area contributed by atoms with Crippen LogP contribution in [-0.4, -0.2) is 30.6 Å². The molecule has 23 heavy (non-hydrogen) atoms. The quantitative estimate of drug-likeness (QED) is 0.848. The van der Waals surface area contributed by atoms with Crippen LogP contribution in [0.15, 0.2) is 53.5 Å². The van der Waals surface area contributed by atoms with Crippen LogP contribution in [0.4, 0.5) is 5.69 Å². The molecule has 0 aromatic heterocycles. The van der Waals surface area contributed by atoms with Crippen LogP contribution in [0, 0.1) is 0 Å². The van der Waals surface area contributed by atoms with Crippen LogP contribution in [0.25, 0.3) is 0 Å². The zero-order valence-corrected chi connectivity index (χ0v) is 12.9. The number of benzene rings is 2. The number of anilines is 1. The van der Waals surface area contributed by atoms with E-state index in [0.29, 0.717) is 40.8 Å². The van der Waals surface area contributed by atoms with Gasteiger partial charge in [-0.05, 0) is 18.2 Å². The highest BCUT2D eigenvalue weighted by Crippen LogP contribution is 2.21. The minimum Gasteiger partial charge on any atom is -0.364 e. The van der Waals surface area contributed by atoms with Gasteiger partial charge >= 0.3 is 0 Å². The number of aliphatic imine (C=N–C) groups is 1. The van der Waals surface area contributed by atoms with Crippen LogP contribution < -0.4 is 10.6 Å². The standard InChI is InChI=1S/C17H14ClN3O2/c18-13-8-12(15(22)11-4-2-1-3-5-11)9-14(10-13)21-17(23)16-19-6-7-20-16/h1-5,8-10H,6-7H2,(H,19,20)(H,21,23). The number of amidine groups is 1. The molecule has 1 aliphatic heterocycles. The number of hydrogen-bond acceptors (Lipinski definition) is 4. The number of nitrogens with one attached hydrogen (secondary N) is 2. The van der Waals surface area contributed by atoms with Crippen LogP contribution in [0.2, 0.25) is 5.02 Å². The molecule has 2 N–H and O–H groups in total. The number of carbonyl (C=O) groups excluding carboxylic acids is 2. The van der Waals surface area contributed by atoms with Gasteiger partial charge in [-0.3, -0.25) is 14.6 Å². The first-order valence-electron chi connectivity index (χ1n) is 7.13. The Morgan fingerprint density at radius 2 is 1.87 bits per heavy atom. The molecule has 1 heterocycles. The average Bonchev–Trinajstić information content (AvgIpc) is 3.09. The van der Waals surface area contributed by atoms with E-state index in [2.05, 4.69) is 15.6 Å². The van der Waals surface area contributed by atoms with Gasteiger partial charge in [-0.25, -0.2) is 0 Å². The molecule has 2 aromatic rings. The predicted molar refractivity (Wildman–Crippen MR) is 90.3 cm³/mol. The zero-order chi connectivity index (χ0) is 16.2. The largest absolute Gasteiger partial charge is 0.364 e. The Balaban J connectivity index is 1.84. The van der Waals surface area contributed by atoms with Gasteiger partial charge < -0.3 is 10.6 Å². The Hall–Kier alpha value is -2.66. The molecule has 0 saturated carbocycles. The van der Waals surface area contributed by atoms with Gasteiger partial charge in [-0.2, -0.15) is 0 Å². The summed E-state index contributed by atoms with van der Waals surface area (Å²) >= 11 is 6.08. The maximum Gasteiger partial charge on any atom is 0.290 e. The van der Waals surface area contributed by atoms with Gasteiger partial charge in [0.1, 0.15) is 0 Å². The predicted octanol–water partition coefficient (Wildman–Crippen LogP) is 2.51. The first kappa shape index (κ1) is 15.2.